The minimum atomic E-state index is -5.97. The summed E-state index contributed by atoms with van der Waals surface area (Å²) in [5.41, 5.74) is 10.2. The molecule has 0 aromatic carbocycles. The van der Waals surface area contributed by atoms with Crippen molar-refractivity contribution in [1.29, 1.82) is 0 Å². The highest BCUT2D eigenvalue weighted by Gasteiger charge is 2.52. The van der Waals surface area contributed by atoms with Crippen LogP contribution in [0.1, 0.15) is 12.5 Å². The number of fused-ring (bicyclic) bond motifs is 2. The van der Waals surface area contributed by atoms with Gasteiger partial charge in [0, 0.05) is 0 Å². The highest BCUT2D eigenvalue weighted by molar-refractivity contribution is 7.66. The van der Waals surface area contributed by atoms with Gasteiger partial charge >= 0.3 is 31.3 Å². The molecule has 2 aliphatic rings. The fourth-order valence-electron chi connectivity index (χ4n) is 5.32. The van der Waals surface area contributed by atoms with E-state index in [1.54, 1.807) is 0 Å². The third-order valence-electron chi connectivity index (χ3n) is 7.51. The molecule has 2 fully saturated rings. The van der Waals surface area contributed by atoms with Gasteiger partial charge in [-0.2, -0.15) is 13.6 Å². The van der Waals surface area contributed by atoms with Crippen LogP contribution in [-0.2, 0) is 49.9 Å². The largest absolute Gasteiger partial charge is 0.490 e. The number of phosphoric acid groups is 4. The van der Waals surface area contributed by atoms with Gasteiger partial charge in [-0.05, 0) is 0 Å². The van der Waals surface area contributed by atoms with Crippen molar-refractivity contribution in [3.63, 3.8) is 0 Å². The number of imidazole rings is 2. The Labute approximate surface area is 297 Å². The van der Waals surface area contributed by atoms with Crippen molar-refractivity contribution in [1.82, 2.24) is 39.0 Å². The maximum atomic E-state index is 13.2. The fourth-order valence-corrected chi connectivity index (χ4v) is 9.31. The second kappa shape index (κ2) is 14.7. The molecule has 2 saturated heterocycles. The Morgan fingerprint density at radius 1 is 0.741 bits per heavy atom. The smallest absolute Gasteiger partial charge is 0.387 e. The Hall–Kier alpha value is -3.18. The molecular weight excluding hydrogens is 824 g/mol. The number of nitrogens with one attached hydrogen (secondary N) is 1. The number of aliphatic hydroxyl groups excluding tert-OH is 3. The number of nitrogens with zero attached hydrogens (tertiary/aromatic N) is 7. The summed E-state index contributed by atoms with van der Waals surface area (Å²) in [4.78, 5) is 81.7. The first-order valence-corrected chi connectivity index (χ1v) is 20.5. The van der Waals surface area contributed by atoms with E-state index in [0.717, 1.165) is 17.2 Å². The number of ether oxygens (including phenoxy) is 2. The molecule has 4 aromatic rings. The van der Waals surface area contributed by atoms with E-state index in [1.807, 2.05) is 0 Å². The van der Waals surface area contributed by atoms with Crippen LogP contribution >= 0.6 is 31.3 Å². The van der Waals surface area contributed by atoms with Crippen LogP contribution in [-0.4, -0.2) is 129 Å². The quantitative estimate of drug-likeness (QED) is 0.0558. The summed E-state index contributed by atoms with van der Waals surface area (Å²) in [5, 5.41) is 32.6. The number of anilines is 2. The van der Waals surface area contributed by atoms with Crippen LogP contribution < -0.4 is 17.0 Å². The SMILES string of the molecule is Nc1nc2c(ncn2[C@@H]2O[C@H](COP(=O)(O)OP(=O)(O)OP(=O)(O)O)[C@@H](OP(=O)(O)OC[C@H]3O[C@@H](n4cnc5c(N)ncnc54)[C@H](O)[C@@H]3O)[C@H]2O)c(=O)[nH]1. The highest BCUT2D eigenvalue weighted by Crippen LogP contribution is 2.66. The Kier molecular flexibility index (Phi) is 11.0. The normalized spacial score (nSPS) is 29.7. The second-order valence-electron chi connectivity index (χ2n) is 11.2. The fraction of sp³-hybridized carbons (Fsp3) is 0.500. The lowest BCUT2D eigenvalue weighted by atomic mass is 10.1. The Bertz CT molecular complexity index is 2300. The van der Waals surface area contributed by atoms with Gasteiger partial charge in [0.15, 0.2) is 35.1 Å². The first-order valence-electron chi connectivity index (χ1n) is 14.5. The molecule has 13 N–H and O–H groups in total. The summed E-state index contributed by atoms with van der Waals surface area (Å²) < 4.78 is 83.7. The molecule has 0 aliphatic carbocycles. The van der Waals surface area contributed by atoms with Crippen molar-refractivity contribution in [2.75, 3.05) is 24.7 Å². The first-order chi connectivity index (χ1) is 25.0. The molecular formula is C20H28N10O20P4. The summed E-state index contributed by atoms with van der Waals surface area (Å²) >= 11 is 0. The van der Waals surface area contributed by atoms with E-state index in [9.17, 15) is 53.1 Å². The second-order valence-corrected chi connectivity index (χ2v) is 17.0. The van der Waals surface area contributed by atoms with E-state index >= 15 is 0 Å². The number of nitrogens with two attached hydrogens (primary N) is 2. The molecule has 3 unspecified atom stereocenters. The molecule has 0 saturated carbocycles. The number of aromatic amines is 1. The first kappa shape index (κ1) is 40.5. The third-order valence-corrected chi connectivity index (χ3v) is 12.3. The van der Waals surface area contributed by atoms with Gasteiger partial charge in [0.1, 0.15) is 48.5 Å². The lowest BCUT2D eigenvalue weighted by Gasteiger charge is -2.24. The summed E-state index contributed by atoms with van der Waals surface area (Å²) in [5.74, 6) is -0.407. The van der Waals surface area contributed by atoms with Crippen LogP contribution in [0.15, 0.2) is 23.8 Å². The van der Waals surface area contributed by atoms with Crippen molar-refractivity contribution in [2.45, 2.75) is 49.1 Å². The van der Waals surface area contributed by atoms with E-state index in [0.29, 0.717) is 0 Å². The van der Waals surface area contributed by atoms with Crippen LogP contribution in [0.4, 0.5) is 11.8 Å². The van der Waals surface area contributed by atoms with Gasteiger partial charge in [0.2, 0.25) is 5.95 Å². The molecule has 0 amide bonds. The molecule has 6 heterocycles. The number of nitrogen functional groups attached to an aromatic ring is 2. The lowest BCUT2D eigenvalue weighted by Crippen LogP contribution is -2.37. The van der Waals surface area contributed by atoms with Gasteiger partial charge in [0.05, 0.1) is 25.9 Å². The van der Waals surface area contributed by atoms with Gasteiger partial charge in [-0.15, -0.1) is 0 Å². The zero-order valence-corrected chi connectivity index (χ0v) is 29.9. The number of aliphatic hydroxyl groups is 3. The number of hydrogen-bond donors (Lipinski definition) is 11. The Morgan fingerprint density at radius 2 is 1.33 bits per heavy atom. The molecule has 6 rings (SSSR count). The average Bonchev–Trinajstić information content (AvgIpc) is 3.79. The monoisotopic (exact) mass is 852 g/mol. The van der Waals surface area contributed by atoms with E-state index in [4.69, 9.17) is 39.8 Å². The van der Waals surface area contributed by atoms with E-state index in [2.05, 4.69) is 43.0 Å². The predicted octanol–water partition coefficient (Wildman–Crippen LogP) is -3.15. The number of rotatable bonds is 14. The van der Waals surface area contributed by atoms with Crippen molar-refractivity contribution in [3.8, 4) is 0 Å². The number of hydrogen-bond acceptors (Lipinski definition) is 22. The van der Waals surface area contributed by atoms with Gasteiger partial charge in [0.25, 0.3) is 5.56 Å². The molecule has 34 heteroatoms. The lowest BCUT2D eigenvalue weighted by molar-refractivity contribution is -0.0581. The van der Waals surface area contributed by atoms with Crippen LogP contribution in [0.2, 0.25) is 0 Å². The molecule has 0 spiro atoms. The summed E-state index contributed by atoms with van der Waals surface area (Å²) in [6, 6.07) is 0. The van der Waals surface area contributed by atoms with Gasteiger partial charge in [-0.3, -0.25) is 32.5 Å². The summed E-state index contributed by atoms with van der Waals surface area (Å²) in [6.45, 7) is -2.26. The van der Waals surface area contributed by atoms with Crippen LogP contribution in [0.25, 0.3) is 22.3 Å². The predicted molar refractivity (Wildman–Crippen MR) is 169 cm³/mol. The summed E-state index contributed by atoms with van der Waals surface area (Å²) in [7, 11) is -22.9. The standard InChI is InChI=1S/C20H28N10O20P4/c21-14-8-15(24-3-23-14)29(4-25-8)18-11(32)10(31)6(46-18)1-44-52(38,39)48-13-7(2-45-53(40,41)50-54(42,43)49-51(35,36)37)47-19(12(13)33)30-5-26-9-16(30)27-20(22)28-17(9)34/h3-7,10-13,18-19,31-33H,1-2H2,(H,38,39)(H,40,41)(H,42,43)(H2,21,23,24)(H2,35,36,37)(H3,22,27,28,34)/t6-,7-,10-,11-,12-,13-,18-,19-/m1/s1. The van der Waals surface area contributed by atoms with Crippen molar-refractivity contribution in [2.24, 2.45) is 0 Å². The number of aromatic nitrogens is 8. The van der Waals surface area contributed by atoms with Gasteiger partial charge < -0.3 is 60.7 Å². The molecule has 4 aromatic heterocycles. The van der Waals surface area contributed by atoms with E-state index in [1.165, 1.54) is 10.9 Å². The molecule has 0 bridgehead atoms. The minimum Gasteiger partial charge on any atom is -0.387 e. The Balaban J connectivity index is 1.20. The average molecular weight is 852 g/mol. The molecule has 2 aliphatic heterocycles. The zero-order chi connectivity index (χ0) is 39.5. The third kappa shape index (κ3) is 8.62. The number of H-pyrrole nitrogens is 1. The highest BCUT2D eigenvalue weighted by atomic mass is 31.3. The van der Waals surface area contributed by atoms with E-state index in [-0.39, 0.29) is 28.1 Å². The molecule has 298 valence electrons. The van der Waals surface area contributed by atoms with Crippen molar-refractivity contribution < 1.29 is 89.7 Å². The van der Waals surface area contributed by atoms with E-state index < -0.39 is 105 Å². The van der Waals surface area contributed by atoms with Crippen LogP contribution in [0.5, 0.6) is 0 Å². The van der Waals surface area contributed by atoms with Crippen LogP contribution in [0, 0.1) is 0 Å². The number of phosphoric ester groups is 2. The van der Waals surface area contributed by atoms with Crippen molar-refractivity contribution in [3.05, 3.63) is 29.3 Å². The molecule has 54 heavy (non-hydrogen) atoms. The zero-order valence-electron chi connectivity index (χ0n) is 26.3. The molecule has 0 radical (unpaired) electrons. The topological polar surface area (TPSA) is 454 Å². The van der Waals surface area contributed by atoms with Gasteiger partial charge in [-0.25, -0.2) is 38.2 Å². The van der Waals surface area contributed by atoms with Crippen LogP contribution in [0.3, 0.4) is 0 Å². The summed E-state index contributed by atoms with van der Waals surface area (Å²) in [6.07, 6.45) is -11.0. The molecule has 30 nitrogen and oxygen atoms in total. The maximum Gasteiger partial charge on any atom is 0.490 e. The van der Waals surface area contributed by atoms with Crippen molar-refractivity contribution >= 4 is 65.4 Å². The molecule has 11 atom stereocenters. The van der Waals surface area contributed by atoms with Gasteiger partial charge in [-0.1, -0.05) is 0 Å². The minimum absolute atomic E-state index is 0.000907. The Morgan fingerprint density at radius 3 is 2.02 bits per heavy atom. The maximum absolute atomic E-state index is 13.2.